The van der Waals surface area contributed by atoms with E-state index in [1.807, 2.05) is 0 Å². The van der Waals surface area contributed by atoms with Gasteiger partial charge in [-0.15, -0.1) is 0 Å². The van der Waals surface area contributed by atoms with E-state index in [0.717, 1.165) is 12.1 Å². The van der Waals surface area contributed by atoms with Gasteiger partial charge in [0.25, 0.3) is 0 Å². The molecule has 0 amide bonds. The summed E-state index contributed by atoms with van der Waals surface area (Å²) in [6.45, 7) is 6.39. The monoisotopic (exact) mass is 288 g/mol. The van der Waals surface area contributed by atoms with E-state index in [0.29, 0.717) is 0 Å². The van der Waals surface area contributed by atoms with Gasteiger partial charge >= 0.3 is 13.7 Å². The Morgan fingerprint density at radius 2 is 1.65 bits per heavy atom. The van der Waals surface area contributed by atoms with E-state index in [2.05, 4.69) is 0 Å². The summed E-state index contributed by atoms with van der Waals surface area (Å²) in [7, 11) is 1.17. The van der Waals surface area contributed by atoms with Gasteiger partial charge in [0.05, 0.1) is 16.8 Å². The second-order valence-corrected chi connectivity index (χ2v) is 5.69. The molecule has 20 heavy (non-hydrogen) atoms. The summed E-state index contributed by atoms with van der Waals surface area (Å²) in [5.74, 6) is 0. The zero-order valence-corrected chi connectivity index (χ0v) is 11.9. The predicted molar refractivity (Wildman–Crippen MR) is 72.7 cm³/mol. The van der Waals surface area contributed by atoms with Gasteiger partial charge in [-0.3, -0.25) is 0 Å². The maximum atomic E-state index is 12.7. The van der Waals surface area contributed by atoms with Crippen LogP contribution in [0.15, 0.2) is 18.2 Å². The normalized spacial score (nSPS) is 13.4. The molecule has 7 heteroatoms. The number of hydrogen-bond donors (Lipinski definition) is 2. The number of nitrogens with two attached hydrogens (primary N) is 1. The molecule has 0 aliphatic carbocycles. The van der Waals surface area contributed by atoms with Crippen molar-refractivity contribution in [3.05, 3.63) is 23.8 Å². The highest BCUT2D eigenvalue weighted by atomic mass is 19.4. The molecular formula is C13H18BF3NO2. The number of hydrogen-bond acceptors (Lipinski definition) is 3. The lowest BCUT2D eigenvalue weighted by molar-refractivity contribution is -0.137. The van der Waals surface area contributed by atoms with Crippen molar-refractivity contribution in [3.8, 4) is 0 Å². The highest BCUT2D eigenvalue weighted by Crippen LogP contribution is 2.30. The minimum atomic E-state index is -4.47. The molecule has 0 heterocycles. The lowest BCUT2D eigenvalue weighted by Crippen LogP contribution is -2.49. The Morgan fingerprint density at radius 1 is 1.10 bits per heavy atom. The zero-order valence-electron chi connectivity index (χ0n) is 11.9. The highest BCUT2D eigenvalue weighted by molar-refractivity contribution is 6.47. The van der Waals surface area contributed by atoms with E-state index in [1.165, 1.54) is 13.5 Å². The molecule has 111 valence electrons. The SMILES string of the molecule is CC(C)(O)C(C)(C)O[B]c1cc(N)cc(C(F)(F)F)c1. The first kappa shape index (κ1) is 16.8. The number of alkyl halides is 3. The topological polar surface area (TPSA) is 55.5 Å². The van der Waals surface area contributed by atoms with E-state index in [1.54, 1.807) is 27.7 Å². The lowest BCUT2D eigenvalue weighted by atomic mass is 9.82. The summed E-state index contributed by atoms with van der Waals surface area (Å²) in [6.07, 6.45) is -4.47. The molecule has 0 saturated heterocycles. The summed E-state index contributed by atoms with van der Waals surface area (Å²) in [5.41, 5.74) is 2.68. The molecule has 1 aromatic rings. The number of rotatable bonds is 4. The summed E-state index contributed by atoms with van der Waals surface area (Å²) in [5, 5.41) is 9.91. The van der Waals surface area contributed by atoms with Gasteiger partial charge in [-0.2, -0.15) is 13.2 Å². The van der Waals surface area contributed by atoms with Crippen molar-refractivity contribution >= 4 is 18.6 Å². The first-order valence-electron chi connectivity index (χ1n) is 6.04. The Bertz CT molecular complexity index is 481. The summed E-state index contributed by atoms with van der Waals surface area (Å²) < 4.78 is 43.4. The van der Waals surface area contributed by atoms with E-state index in [4.69, 9.17) is 10.4 Å². The molecule has 3 nitrogen and oxygen atoms in total. The third-order valence-corrected chi connectivity index (χ3v) is 3.27. The summed E-state index contributed by atoms with van der Waals surface area (Å²) in [4.78, 5) is 0. The average molecular weight is 288 g/mol. The number of halogens is 3. The Kier molecular flexibility index (Phi) is 4.46. The zero-order chi connectivity index (χ0) is 15.8. The van der Waals surface area contributed by atoms with Gasteiger partial charge in [0.15, 0.2) is 0 Å². The van der Waals surface area contributed by atoms with Crippen LogP contribution >= 0.6 is 0 Å². The van der Waals surface area contributed by atoms with Gasteiger partial charge in [0.2, 0.25) is 0 Å². The minimum absolute atomic E-state index is 0.00394. The van der Waals surface area contributed by atoms with Crippen LogP contribution in [-0.4, -0.2) is 23.8 Å². The van der Waals surface area contributed by atoms with Crippen molar-refractivity contribution in [2.24, 2.45) is 0 Å². The van der Waals surface area contributed by atoms with Crippen molar-refractivity contribution in [1.29, 1.82) is 0 Å². The van der Waals surface area contributed by atoms with Gasteiger partial charge < -0.3 is 15.5 Å². The van der Waals surface area contributed by atoms with Crippen LogP contribution in [0.2, 0.25) is 0 Å². The second kappa shape index (κ2) is 5.29. The van der Waals surface area contributed by atoms with Gasteiger partial charge in [-0.05, 0) is 39.8 Å². The van der Waals surface area contributed by atoms with Crippen LogP contribution < -0.4 is 11.2 Å². The van der Waals surface area contributed by atoms with Crippen LogP contribution in [0.3, 0.4) is 0 Å². The predicted octanol–water partition coefficient (Wildman–Crippen LogP) is 2.10. The number of benzene rings is 1. The third-order valence-electron chi connectivity index (χ3n) is 3.27. The number of nitrogen functional groups attached to an aromatic ring is 1. The van der Waals surface area contributed by atoms with E-state index < -0.39 is 22.9 Å². The number of aliphatic hydroxyl groups is 1. The summed E-state index contributed by atoms with van der Waals surface area (Å²) in [6, 6.07) is 3.17. The van der Waals surface area contributed by atoms with Crippen molar-refractivity contribution in [2.75, 3.05) is 5.73 Å². The quantitative estimate of drug-likeness (QED) is 0.659. The van der Waals surface area contributed by atoms with E-state index in [-0.39, 0.29) is 11.2 Å². The first-order valence-corrected chi connectivity index (χ1v) is 6.04. The average Bonchev–Trinajstić information content (AvgIpc) is 2.23. The molecule has 0 aliphatic rings. The fraction of sp³-hybridized carbons (Fsp3) is 0.538. The van der Waals surface area contributed by atoms with Crippen molar-refractivity contribution in [3.63, 3.8) is 0 Å². The van der Waals surface area contributed by atoms with Crippen LogP contribution in [0.1, 0.15) is 33.3 Å². The Labute approximate surface area is 117 Å². The van der Waals surface area contributed by atoms with Crippen LogP contribution in [-0.2, 0) is 10.8 Å². The Balaban J connectivity index is 2.92. The Hall–Kier alpha value is -1.21. The molecule has 0 aliphatic heterocycles. The third kappa shape index (κ3) is 4.14. The molecule has 0 saturated carbocycles. The van der Waals surface area contributed by atoms with Crippen LogP contribution in [0.25, 0.3) is 0 Å². The smallest absolute Gasteiger partial charge is 0.416 e. The van der Waals surface area contributed by atoms with Crippen LogP contribution in [0, 0.1) is 0 Å². The van der Waals surface area contributed by atoms with Crippen molar-refractivity contribution in [2.45, 2.75) is 45.1 Å². The minimum Gasteiger partial charge on any atom is -0.427 e. The molecule has 1 radical (unpaired) electrons. The molecule has 0 fully saturated rings. The molecule has 0 unspecified atom stereocenters. The van der Waals surface area contributed by atoms with Crippen molar-refractivity contribution < 1.29 is 22.9 Å². The van der Waals surface area contributed by atoms with Crippen LogP contribution in [0.4, 0.5) is 18.9 Å². The van der Waals surface area contributed by atoms with Gasteiger partial charge in [-0.25, -0.2) is 0 Å². The summed E-state index contributed by atoms with van der Waals surface area (Å²) >= 11 is 0. The fourth-order valence-corrected chi connectivity index (χ4v) is 1.27. The maximum Gasteiger partial charge on any atom is 0.416 e. The maximum absolute atomic E-state index is 12.7. The van der Waals surface area contributed by atoms with Gasteiger partial charge in [-0.1, -0.05) is 11.5 Å². The van der Waals surface area contributed by atoms with Crippen molar-refractivity contribution in [1.82, 2.24) is 0 Å². The molecule has 0 atom stereocenters. The molecule has 0 bridgehead atoms. The highest BCUT2D eigenvalue weighted by Gasteiger charge is 2.36. The second-order valence-electron chi connectivity index (χ2n) is 5.69. The fourth-order valence-electron chi connectivity index (χ4n) is 1.27. The van der Waals surface area contributed by atoms with E-state index in [9.17, 15) is 18.3 Å². The largest absolute Gasteiger partial charge is 0.427 e. The van der Waals surface area contributed by atoms with Gasteiger partial charge in [0.1, 0.15) is 0 Å². The Morgan fingerprint density at radius 3 is 2.10 bits per heavy atom. The molecule has 0 spiro atoms. The van der Waals surface area contributed by atoms with Gasteiger partial charge in [0, 0.05) is 5.69 Å². The molecule has 3 N–H and O–H groups in total. The number of anilines is 1. The molecule has 1 aromatic carbocycles. The van der Waals surface area contributed by atoms with E-state index >= 15 is 0 Å². The molecule has 0 aromatic heterocycles. The molecule has 1 rings (SSSR count). The standard InChI is InChI=1S/C13H18BF3NO2/c1-11(2,19)12(3,4)20-14-9-5-8(13(15,16)17)6-10(18)7-9/h5-7,19H,18H2,1-4H3. The first-order chi connectivity index (χ1) is 8.83. The lowest BCUT2D eigenvalue weighted by Gasteiger charge is -2.37. The molecular weight excluding hydrogens is 270 g/mol. The van der Waals surface area contributed by atoms with Crippen LogP contribution in [0.5, 0.6) is 0 Å².